The van der Waals surface area contributed by atoms with Crippen LogP contribution in [0.2, 0.25) is 0 Å². The van der Waals surface area contributed by atoms with Crippen molar-refractivity contribution in [1.82, 2.24) is 10.3 Å². The van der Waals surface area contributed by atoms with Crippen molar-refractivity contribution < 1.29 is 30.8 Å². The number of nitrogens with one attached hydrogen (secondary N) is 2. The molecule has 0 aromatic heterocycles. The van der Waals surface area contributed by atoms with Crippen molar-refractivity contribution in [3.63, 3.8) is 0 Å². The van der Waals surface area contributed by atoms with Crippen molar-refractivity contribution in [2.24, 2.45) is 0 Å². The SMILES string of the molecule is O=C(CSc1ccccc1F)NNS(=O)(=O)c1ccc(C(F)(F)F)cc1. The molecule has 0 bridgehead atoms. The maximum absolute atomic E-state index is 13.4. The Morgan fingerprint density at radius 3 is 2.23 bits per heavy atom. The summed E-state index contributed by atoms with van der Waals surface area (Å²) in [5, 5.41) is 0. The molecule has 2 aromatic rings. The fourth-order valence-corrected chi connectivity index (χ4v) is 3.35. The normalized spacial score (nSPS) is 12.0. The van der Waals surface area contributed by atoms with Crippen LogP contribution in [0.15, 0.2) is 58.3 Å². The first-order valence-corrected chi connectivity index (χ1v) is 9.42. The largest absolute Gasteiger partial charge is 0.416 e. The molecule has 0 aliphatic rings. The maximum Gasteiger partial charge on any atom is 0.416 e. The van der Waals surface area contributed by atoms with Gasteiger partial charge in [0, 0.05) is 4.90 Å². The Bertz CT molecular complexity index is 885. The van der Waals surface area contributed by atoms with Gasteiger partial charge in [-0.05, 0) is 36.4 Å². The molecule has 0 spiro atoms. The lowest BCUT2D eigenvalue weighted by Gasteiger charge is -2.10. The van der Waals surface area contributed by atoms with Gasteiger partial charge in [0.2, 0.25) is 5.91 Å². The number of carbonyl (C=O) groups excluding carboxylic acids is 1. The van der Waals surface area contributed by atoms with Gasteiger partial charge in [-0.3, -0.25) is 10.2 Å². The topological polar surface area (TPSA) is 75.3 Å². The number of sulfonamides is 1. The first-order chi connectivity index (χ1) is 12.1. The Labute approximate surface area is 150 Å². The van der Waals surface area contributed by atoms with Crippen LogP contribution in [0.3, 0.4) is 0 Å². The van der Waals surface area contributed by atoms with Crippen LogP contribution in [-0.4, -0.2) is 20.1 Å². The Morgan fingerprint density at radius 2 is 1.65 bits per heavy atom. The summed E-state index contributed by atoms with van der Waals surface area (Å²) in [5.74, 6) is -1.54. The minimum absolute atomic E-state index is 0.216. The lowest BCUT2D eigenvalue weighted by Crippen LogP contribution is -2.42. The van der Waals surface area contributed by atoms with E-state index in [9.17, 15) is 30.8 Å². The molecule has 2 rings (SSSR count). The third-order valence-corrected chi connectivity index (χ3v) is 5.32. The minimum atomic E-state index is -4.59. The number of halogens is 4. The number of benzene rings is 2. The summed E-state index contributed by atoms with van der Waals surface area (Å²) in [6.45, 7) is 0. The summed E-state index contributed by atoms with van der Waals surface area (Å²) in [7, 11) is -4.24. The van der Waals surface area contributed by atoms with Gasteiger partial charge in [0.1, 0.15) is 5.82 Å². The average molecular weight is 408 g/mol. The van der Waals surface area contributed by atoms with Crippen LogP contribution in [0.1, 0.15) is 5.56 Å². The molecule has 0 atom stereocenters. The first-order valence-electron chi connectivity index (χ1n) is 6.95. The number of hydrogen-bond acceptors (Lipinski definition) is 4. The average Bonchev–Trinajstić information content (AvgIpc) is 2.59. The number of rotatable bonds is 6. The monoisotopic (exact) mass is 408 g/mol. The predicted molar refractivity (Wildman–Crippen MR) is 87.0 cm³/mol. The predicted octanol–water partition coefficient (Wildman–Crippen LogP) is 2.95. The summed E-state index contributed by atoms with van der Waals surface area (Å²) in [4.78, 5) is 13.2. The lowest BCUT2D eigenvalue weighted by molar-refractivity contribution is -0.137. The number of thioether (sulfide) groups is 1. The quantitative estimate of drug-likeness (QED) is 0.438. The second kappa shape index (κ2) is 8.06. The number of amides is 1. The molecule has 2 aromatic carbocycles. The van der Waals surface area contributed by atoms with Crippen molar-refractivity contribution in [3.05, 3.63) is 59.9 Å². The van der Waals surface area contributed by atoms with E-state index in [1.54, 1.807) is 10.9 Å². The summed E-state index contributed by atoms with van der Waals surface area (Å²) in [6, 6.07) is 8.51. The molecule has 26 heavy (non-hydrogen) atoms. The van der Waals surface area contributed by atoms with Crippen LogP contribution >= 0.6 is 11.8 Å². The van der Waals surface area contributed by atoms with Gasteiger partial charge in [-0.25, -0.2) is 12.8 Å². The minimum Gasteiger partial charge on any atom is -0.277 e. The van der Waals surface area contributed by atoms with Gasteiger partial charge in [-0.1, -0.05) is 12.1 Å². The number of hydrazine groups is 1. The fourth-order valence-electron chi connectivity index (χ4n) is 1.75. The van der Waals surface area contributed by atoms with Gasteiger partial charge in [0.05, 0.1) is 16.2 Å². The molecule has 5 nitrogen and oxygen atoms in total. The molecular weight excluding hydrogens is 396 g/mol. The molecule has 0 aliphatic carbocycles. The van der Waals surface area contributed by atoms with Crippen molar-refractivity contribution in [1.29, 1.82) is 0 Å². The van der Waals surface area contributed by atoms with Gasteiger partial charge in [-0.2, -0.15) is 13.2 Å². The van der Waals surface area contributed by atoms with E-state index >= 15 is 0 Å². The highest BCUT2D eigenvalue weighted by Gasteiger charge is 2.30. The van der Waals surface area contributed by atoms with Gasteiger partial charge in [0.15, 0.2) is 0 Å². The van der Waals surface area contributed by atoms with Crippen molar-refractivity contribution in [2.75, 3.05) is 5.75 Å². The zero-order valence-electron chi connectivity index (χ0n) is 12.9. The Balaban J connectivity index is 1.93. The molecule has 11 heteroatoms. The van der Waals surface area contributed by atoms with Crippen LogP contribution in [-0.2, 0) is 21.0 Å². The first kappa shape index (κ1) is 20.2. The van der Waals surface area contributed by atoms with Crippen LogP contribution in [0.4, 0.5) is 17.6 Å². The van der Waals surface area contributed by atoms with E-state index < -0.39 is 38.4 Å². The molecule has 0 heterocycles. The van der Waals surface area contributed by atoms with E-state index in [0.717, 1.165) is 23.9 Å². The zero-order chi connectivity index (χ0) is 19.4. The molecule has 0 aliphatic heterocycles. The highest BCUT2D eigenvalue weighted by Crippen LogP contribution is 2.29. The second-order valence-electron chi connectivity index (χ2n) is 4.89. The third kappa shape index (κ3) is 5.44. The van der Waals surface area contributed by atoms with E-state index in [4.69, 9.17) is 0 Å². The van der Waals surface area contributed by atoms with Gasteiger partial charge < -0.3 is 0 Å². The molecule has 2 N–H and O–H groups in total. The Hall–Kier alpha value is -2.11. The molecule has 1 amide bonds. The van der Waals surface area contributed by atoms with Crippen LogP contribution in [0.25, 0.3) is 0 Å². The Morgan fingerprint density at radius 1 is 1.04 bits per heavy atom. The van der Waals surface area contributed by atoms with Gasteiger partial charge in [-0.15, -0.1) is 16.6 Å². The van der Waals surface area contributed by atoms with E-state index in [2.05, 4.69) is 0 Å². The van der Waals surface area contributed by atoms with Crippen LogP contribution in [0.5, 0.6) is 0 Å². The van der Waals surface area contributed by atoms with E-state index in [-0.39, 0.29) is 10.6 Å². The van der Waals surface area contributed by atoms with Crippen molar-refractivity contribution >= 4 is 27.7 Å². The summed E-state index contributed by atoms with van der Waals surface area (Å²) in [6.07, 6.45) is -4.59. The number of carbonyl (C=O) groups is 1. The second-order valence-corrected chi connectivity index (χ2v) is 7.59. The van der Waals surface area contributed by atoms with Crippen LogP contribution < -0.4 is 10.3 Å². The summed E-state index contributed by atoms with van der Waals surface area (Å²) >= 11 is 0.859. The molecule has 0 saturated heterocycles. The standard InChI is InChI=1S/C15H12F4N2O3S2/c16-12-3-1-2-4-13(12)25-9-14(22)20-21-26(23,24)11-7-5-10(6-8-11)15(17,18)19/h1-8,21H,9H2,(H,20,22). The van der Waals surface area contributed by atoms with E-state index in [1.807, 2.05) is 5.43 Å². The third-order valence-electron chi connectivity index (χ3n) is 3.01. The van der Waals surface area contributed by atoms with Crippen molar-refractivity contribution in [3.8, 4) is 0 Å². The maximum atomic E-state index is 13.4. The summed E-state index contributed by atoms with van der Waals surface area (Å²) < 4.78 is 74.7. The fraction of sp³-hybridized carbons (Fsp3) is 0.133. The highest BCUT2D eigenvalue weighted by atomic mass is 32.2. The van der Waals surface area contributed by atoms with E-state index in [0.29, 0.717) is 12.1 Å². The zero-order valence-corrected chi connectivity index (χ0v) is 14.5. The van der Waals surface area contributed by atoms with Gasteiger partial charge in [0.25, 0.3) is 10.0 Å². The Kier molecular flexibility index (Phi) is 6.26. The lowest BCUT2D eigenvalue weighted by atomic mass is 10.2. The molecule has 0 unspecified atom stereocenters. The smallest absolute Gasteiger partial charge is 0.277 e. The van der Waals surface area contributed by atoms with Crippen LogP contribution in [0, 0.1) is 5.82 Å². The molecule has 0 fully saturated rings. The molecule has 140 valence electrons. The molecule has 0 radical (unpaired) electrons. The van der Waals surface area contributed by atoms with Crippen molar-refractivity contribution in [2.45, 2.75) is 16.0 Å². The van der Waals surface area contributed by atoms with Gasteiger partial charge >= 0.3 is 6.18 Å². The number of alkyl halides is 3. The van der Waals surface area contributed by atoms with E-state index in [1.165, 1.54) is 18.2 Å². The summed E-state index contributed by atoms with van der Waals surface area (Å²) in [5.41, 5.74) is 0.915. The molecule has 0 saturated carbocycles. The highest BCUT2D eigenvalue weighted by molar-refractivity contribution is 8.00. The number of hydrogen-bond donors (Lipinski definition) is 2. The molecular formula is C15H12F4N2O3S2.